The van der Waals surface area contributed by atoms with Gasteiger partial charge in [0.15, 0.2) is 0 Å². The van der Waals surface area contributed by atoms with Gasteiger partial charge in [0.2, 0.25) is 0 Å². The van der Waals surface area contributed by atoms with Crippen molar-refractivity contribution in [2.24, 2.45) is 0 Å². The van der Waals surface area contributed by atoms with Crippen LogP contribution >= 0.6 is 0 Å². The van der Waals surface area contributed by atoms with E-state index in [0.29, 0.717) is 0 Å². The molecule has 0 nitrogen and oxygen atoms in total. The third-order valence-corrected chi connectivity index (χ3v) is 0. The molecular weight excluding hydrogens is 139 g/mol. The first-order valence-electron chi connectivity index (χ1n) is 1.00. The van der Waals surface area contributed by atoms with E-state index < -0.39 is 0 Å². The van der Waals surface area contributed by atoms with Gasteiger partial charge in [0, 0.05) is 40.3 Å². The van der Waals surface area contributed by atoms with Crippen LogP contribution in [0.5, 0.6) is 0 Å². The molecule has 1 radical (unpaired) electrons. The Morgan fingerprint density at radius 3 is 1.25 bits per heavy atom. The molecule has 0 aromatic heterocycles. The molecule has 0 aromatic rings. The Kier molecular flexibility index (Phi) is 108. The summed E-state index contributed by atoms with van der Waals surface area (Å²) in [6.07, 6.45) is 0. The second-order valence-electron chi connectivity index (χ2n) is 0. The van der Waals surface area contributed by atoms with Crippen LogP contribution in [-0.4, -0.2) is 10.2 Å². The van der Waals surface area contributed by atoms with Gasteiger partial charge in [-0.15, -0.1) is 0 Å². The summed E-state index contributed by atoms with van der Waals surface area (Å²) in [4.78, 5) is 0. The molecule has 0 unspecified atom stereocenters. The van der Waals surface area contributed by atoms with Crippen molar-refractivity contribution in [3.63, 3.8) is 0 Å². The van der Waals surface area contributed by atoms with Crippen LogP contribution in [0.3, 0.4) is 0 Å². The minimum Gasteiger partial charge on any atom is -0.0777 e. The van der Waals surface area contributed by atoms with Crippen molar-refractivity contribution in [2.75, 3.05) is 0 Å². The van der Waals surface area contributed by atoms with E-state index in [0.717, 1.165) is 0 Å². The maximum absolute atomic E-state index is 2.14. The summed E-state index contributed by atoms with van der Waals surface area (Å²) in [6.45, 7) is 2.14. The average Bonchev–Trinajstić information content (AvgIpc) is 1.00. The summed E-state index contributed by atoms with van der Waals surface area (Å²) in [6, 6.07) is 0. The second kappa shape index (κ2) is 24.3. The first-order chi connectivity index (χ1) is 1.00. The SMILES string of the molecule is C[SiH3].[Ti].[V]. The van der Waals surface area contributed by atoms with Gasteiger partial charge in [-0.1, -0.05) is 6.55 Å². The zero-order valence-electron chi connectivity index (χ0n) is 2.95. The first-order valence-corrected chi connectivity index (χ1v) is 3.00. The fourth-order valence-electron chi connectivity index (χ4n) is 0. The molecule has 3 heteroatoms. The third-order valence-electron chi connectivity index (χ3n) is 0. The monoisotopic (exact) mass is 145 g/mol. The predicted octanol–water partition coefficient (Wildman–Crippen LogP) is -0.605. The minimum absolute atomic E-state index is 0. The van der Waals surface area contributed by atoms with Gasteiger partial charge in [-0.25, -0.2) is 0 Å². The molecule has 0 aromatic carbocycles. The van der Waals surface area contributed by atoms with E-state index in [2.05, 4.69) is 6.55 Å². The summed E-state index contributed by atoms with van der Waals surface area (Å²) in [5.74, 6) is 0. The van der Waals surface area contributed by atoms with E-state index in [1.807, 2.05) is 0 Å². The molecule has 0 bridgehead atoms. The molecule has 0 amide bonds. The average molecular weight is 145 g/mol. The van der Waals surface area contributed by atoms with Gasteiger partial charge in [-0.05, 0) is 10.2 Å². The molecule has 0 spiro atoms. The predicted molar refractivity (Wildman–Crippen MR) is 15.8 cm³/mol. The van der Waals surface area contributed by atoms with E-state index >= 15 is 0 Å². The summed E-state index contributed by atoms with van der Waals surface area (Å²) in [5.41, 5.74) is 0. The van der Waals surface area contributed by atoms with Crippen LogP contribution in [0, 0.1) is 0 Å². The van der Waals surface area contributed by atoms with Gasteiger partial charge in [-0.3, -0.25) is 0 Å². The molecule has 0 atom stereocenters. The zero-order chi connectivity index (χ0) is 2.00. The topological polar surface area (TPSA) is 0 Å². The number of rotatable bonds is 0. The molecule has 0 N–H and O–H groups in total. The fourth-order valence-corrected chi connectivity index (χ4v) is 0. The summed E-state index contributed by atoms with van der Waals surface area (Å²) >= 11 is 0. The molecule has 0 fully saturated rings. The Morgan fingerprint density at radius 2 is 1.25 bits per heavy atom. The molecule has 23 valence electrons. The van der Waals surface area contributed by atoms with E-state index in [9.17, 15) is 0 Å². The van der Waals surface area contributed by atoms with Crippen molar-refractivity contribution in [2.45, 2.75) is 6.55 Å². The first kappa shape index (κ1) is 17.8. The summed E-state index contributed by atoms with van der Waals surface area (Å²) in [5, 5.41) is 0. The maximum Gasteiger partial charge on any atom is 0 e. The van der Waals surface area contributed by atoms with Gasteiger partial charge < -0.3 is 0 Å². The number of hydrogen-bond donors (Lipinski definition) is 0. The number of hydrogen-bond acceptors (Lipinski definition) is 0. The standard InChI is InChI=1S/CH6Si.Ti.V/c1-2;;/h1-2H3;;. The van der Waals surface area contributed by atoms with Crippen LogP contribution < -0.4 is 0 Å². The van der Waals surface area contributed by atoms with Crippen LogP contribution in [0.1, 0.15) is 0 Å². The molecule has 0 aliphatic heterocycles. The van der Waals surface area contributed by atoms with Crippen LogP contribution in [-0.2, 0) is 40.3 Å². The molecule has 0 heterocycles. The molecule has 4 heavy (non-hydrogen) atoms. The molecular formula is CH6SiTiV. The largest absolute Gasteiger partial charge is 0.0777 e. The van der Waals surface area contributed by atoms with Crippen molar-refractivity contribution in [1.29, 1.82) is 0 Å². The normalized spacial score (nSPS) is 2.25. The van der Waals surface area contributed by atoms with Gasteiger partial charge in [0.05, 0.1) is 0 Å². The smallest absolute Gasteiger partial charge is 0 e. The Morgan fingerprint density at radius 1 is 1.25 bits per heavy atom. The van der Waals surface area contributed by atoms with Crippen molar-refractivity contribution in [3.05, 3.63) is 0 Å². The Hall–Kier alpha value is 1.52. The van der Waals surface area contributed by atoms with Crippen molar-refractivity contribution < 1.29 is 40.3 Å². The van der Waals surface area contributed by atoms with Crippen LogP contribution in [0.25, 0.3) is 0 Å². The van der Waals surface area contributed by atoms with Gasteiger partial charge in [0.1, 0.15) is 0 Å². The second-order valence-corrected chi connectivity index (χ2v) is 0. The van der Waals surface area contributed by atoms with Gasteiger partial charge in [0.25, 0.3) is 0 Å². The quantitative estimate of drug-likeness (QED) is 0.399. The van der Waals surface area contributed by atoms with Gasteiger partial charge >= 0.3 is 0 Å². The Labute approximate surface area is 56.9 Å². The Bertz CT molecular complexity index is 8.00. The summed E-state index contributed by atoms with van der Waals surface area (Å²) in [7, 11) is 1.31. The molecule has 0 saturated carbocycles. The molecule has 0 rings (SSSR count). The van der Waals surface area contributed by atoms with Crippen LogP contribution in [0.4, 0.5) is 0 Å². The van der Waals surface area contributed by atoms with E-state index in [1.54, 1.807) is 0 Å². The van der Waals surface area contributed by atoms with E-state index in [4.69, 9.17) is 0 Å². The zero-order valence-corrected chi connectivity index (χ0v) is 7.91. The van der Waals surface area contributed by atoms with Crippen LogP contribution in [0.2, 0.25) is 6.55 Å². The van der Waals surface area contributed by atoms with Crippen LogP contribution in [0.15, 0.2) is 0 Å². The van der Waals surface area contributed by atoms with E-state index in [1.165, 1.54) is 10.2 Å². The fraction of sp³-hybridized carbons (Fsp3) is 1.00. The third kappa shape index (κ3) is 9.69. The summed E-state index contributed by atoms with van der Waals surface area (Å²) < 4.78 is 0. The van der Waals surface area contributed by atoms with Gasteiger partial charge in [-0.2, -0.15) is 0 Å². The molecule has 0 aliphatic rings. The maximum atomic E-state index is 2.14. The molecule has 0 aliphatic carbocycles. The van der Waals surface area contributed by atoms with Crippen molar-refractivity contribution in [3.8, 4) is 0 Å². The van der Waals surface area contributed by atoms with E-state index in [-0.39, 0.29) is 40.3 Å². The van der Waals surface area contributed by atoms with Crippen molar-refractivity contribution in [1.82, 2.24) is 0 Å². The van der Waals surface area contributed by atoms with Crippen molar-refractivity contribution >= 4 is 10.2 Å². The Balaban J connectivity index is -0.00000000500. The minimum atomic E-state index is 0. The molecule has 0 saturated heterocycles.